The highest BCUT2D eigenvalue weighted by molar-refractivity contribution is 9.10. The van der Waals surface area contributed by atoms with Crippen molar-refractivity contribution in [2.24, 2.45) is 0 Å². The van der Waals surface area contributed by atoms with E-state index in [1.165, 1.54) is 0 Å². The fraction of sp³-hybridized carbons (Fsp3) is 0. The van der Waals surface area contributed by atoms with Crippen molar-refractivity contribution in [2.75, 3.05) is 10.6 Å². The van der Waals surface area contributed by atoms with Crippen molar-refractivity contribution >= 4 is 72.2 Å². The molecular weight excluding hydrogens is 449 g/mol. The maximum atomic E-state index is 13.7. The van der Waals surface area contributed by atoms with Gasteiger partial charge < -0.3 is 10.6 Å². The molecule has 0 heterocycles. The summed E-state index contributed by atoms with van der Waals surface area (Å²) in [7, 11) is 0. The largest absolute Gasteiger partial charge is 0.331 e. The van der Waals surface area contributed by atoms with Crippen LogP contribution in [0.1, 0.15) is 0 Å². The molecule has 8 heteroatoms. The molecule has 0 amide bonds. The van der Waals surface area contributed by atoms with Gasteiger partial charge in [-0.05, 0) is 52.4 Å². The highest BCUT2D eigenvalue weighted by Crippen LogP contribution is 2.28. The summed E-state index contributed by atoms with van der Waals surface area (Å²) in [4.78, 5) is 0. The molecule has 21 heavy (non-hydrogen) atoms. The van der Waals surface area contributed by atoms with Gasteiger partial charge >= 0.3 is 0 Å². The standard InChI is InChI=1S/C13H7Br2ClF2N2S/c14-6-1-2-11(9(16)3-6)19-13(21)20-12-8(15)4-7(17)5-10(12)18/h1-5H,(H2,19,20,21). The van der Waals surface area contributed by atoms with E-state index in [0.29, 0.717) is 10.7 Å². The summed E-state index contributed by atoms with van der Waals surface area (Å²) in [5.74, 6) is -1.44. The van der Waals surface area contributed by atoms with Gasteiger partial charge in [0.2, 0.25) is 0 Å². The molecule has 0 aliphatic rings. The molecule has 0 aliphatic carbocycles. The minimum atomic E-state index is -0.757. The van der Waals surface area contributed by atoms with Crippen LogP contribution in [-0.4, -0.2) is 5.11 Å². The van der Waals surface area contributed by atoms with Gasteiger partial charge in [0.25, 0.3) is 0 Å². The maximum Gasteiger partial charge on any atom is 0.175 e. The second-order valence-corrected chi connectivity index (χ2v) is 6.53. The lowest BCUT2D eigenvalue weighted by molar-refractivity contribution is 0.585. The van der Waals surface area contributed by atoms with E-state index in [1.54, 1.807) is 18.2 Å². The zero-order valence-corrected chi connectivity index (χ0v) is 14.9. The topological polar surface area (TPSA) is 24.1 Å². The van der Waals surface area contributed by atoms with Crippen LogP contribution in [-0.2, 0) is 0 Å². The smallest absolute Gasteiger partial charge is 0.175 e. The first kappa shape index (κ1) is 16.6. The van der Waals surface area contributed by atoms with E-state index >= 15 is 0 Å². The van der Waals surface area contributed by atoms with Crippen molar-refractivity contribution < 1.29 is 8.78 Å². The number of halogens is 5. The van der Waals surface area contributed by atoms with Crippen molar-refractivity contribution in [3.63, 3.8) is 0 Å². The van der Waals surface area contributed by atoms with E-state index < -0.39 is 11.6 Å². The van der Waals surface area contributed by atoms with Crippen LogP contribution < -0.4 is 10.6 Å². The van der Waals surface area contributed by atoms with Gasteiger partial charge in [-0.25, -0.2) is 8.78 Å². The molecular formula is C13H7Br2ClF2N2S. The van der Waals surface area contributed by atoms with Crippen molar-refractivity contribution in [3.05, 3.63) is 55.9 Å². The number of benzene rings is 2. The Balaban J connectivity index is 2.16. The molecule has 2 rings (SSSR count). The Morgan fingerprint density at radius 1 is 1.10 bits per heavy atom. The Morgan fingerprint density at radius 3 is 2.43 bits per heavy atom. The highest BCUT2D eigenvalue weighted by atomic mass is 79.9. The average Bonchev–Trinajstić information content (AvgIpc) is 2.37. The summed E-state index contributed by atoms with van der Waals surface area (Å²) in [6, 6.07) is 7.10. The molecule has 0 unspecified atom stereocenters. The average molecular weight is 457 g/mol. The van der Waals surface area contributed by atoms with Gasteiger partial charge in [-0.1, -0.05) is 27.5 Å². The Labute approximate surface area is 147 Å². The van der Waals surface area contributed by atoms with Crippen molar-refractivity contribution in [1.29, 1.82) is 0 Å². The SMILES string of the molecule is Fc1cc(F)c(NC(=S)Nc2ccc(Br)cc2Cl)c(Br)c1. The van der Waals surface area contributed by atoms with Crippen LogP contribution in [0.3, 0.4) is 0 Å². The van der Waals surface area contributed by atoms with Crippen LogP contribution in [0.5, 0.6) is 0 Å². The summed E-state index contributed by atoms with van der Waals surface area (Å²) in [5.41, 5.74) is 0.609. The molecule has 0 saturated carbocycles. The van der Waals surface area contributed by atoms with E-state index in [4.69, 9.17) is 23.8 Å². The van der Waals surface area contributed by atoms with Crippen LogP contribution in [0.25, 0.3) is 0 Å². The van der Waals surface area contributed by atoms with Gasteiger partial charge in [0.15, 0.2) is 10.9 Å². The number of hydrogen-bond acceptors (Lipinski definition) is 1. The third kappa shape index (κ3) is 4.35. The summed E-state index contributed by atoms with van der Waals surface area (Å²) in [6.07, 6.45) is 0. The van der Waals surface area contributed by atoms with Gasteiger partial charge in [0.1, 0.15) is 5.82 Å². The third-order valence-corrected chi connectivity index (χ3v) is 4.06. The molecule has 0 saturated heterocycles. The molecule has 2 N–H and O–H groups in total. The van der Waals surface area contributed by atoms with Gasteiger partial charge in [-0.3, -0.25) is 0 Å². The maximum absolute atomic E-state index is 13.7. The second-order valence-electron chi connectivity index (χ2n) is 3.95. The lowest BCUT2D eigenvalue weighted by Crippen LogP contribution is -2.20. The van der Waals surface area contributed by atoms with Crippen molar-refractivity contribution in [3.8, 4) is 0 Å². The Hall–Kier alpha value is -0.760. The van der Waals surface area contributed by atoms with E-state index in [1.807, 2.05) is 0 Å². The third-order valence-electron chi connectivity index (χ3n) is 2.42. The normalized spacial score (nSPS) is 10.3. The van der Waals surface area contributed by atoms with Gasteiger partial charge in [-0.2, -0.15) is 0 Å². The molecule has 2 nitrogen and oxygen atoms in total. The molecule has 2 aromatic carbocycles. The fourth-order valence-electron chi connectivity index (χ4n) is 1.52. The summed E-state index contributed by atoms with van der Waals surface area (Å²) in [6.45, 7) is 0. The van der Waals surface area contributed by atoms with E-state index in [-0.39, 0.29) is 15.3 Å². The van der Waals surface area contributed by atoms with Crippen LogP contribution >= 0.6 is 55.7 Å². The Morgan fingerprint density at radius 2 is 1.81 bits per heavy atom. The van der Waals surface area contributed by atoms with Crippen molar-refractivity contribution in [1.82, 2.24) is 0 Å². The van der Waals surface area contributed by atoms with Gasteiger partial charge in [0, 0.05) is 15.0 Å². The molecule has 0 spiro atoms. The number of hydrogen-bond donors (Lipinski definition) is 2. The molecule has 0 atom stereocenters. The number of thiocarbonyl (C=S) groups is 1. The van der Waals surface area contributed by atoms with E-state index in [0.717, 1.165) is 16.6 Å². The molecule has 0 fully saturated rings. The first-order valence-electron chi connectivity index (χ1n) is 5.54. The van der Waals surface area contributed by atoms with Crippen molar-refractivity contribution in [2.45, 2.75) is 0 Å². The first-order valence-corrected chi connectivity index (χ1v) is 7.91. The molecule has 0 aliphatic heterocycles. The van der Waals surface area contributed by atoms with Gasteiger partial charge in [0.05, 0.1) is 16.4 Å². The Kier molecular flexibility index (Phi) is 5.54. The van der Waals surface area contributed by atoms with Crippen LogP contribution in [0.2, 0.25) is 5.02 Å². The summed E-state index contributed by atoms with van der Waals surface area (Å²) < 4.78 is 27.8. The van der Waals surface area contributed by atoms with Crippen LogP contribution in [0.15, 0.2) is 39.3 Å². The fourth-order valence-corrected chi connectivity index (χ4v) is 2.96. The quantitative estimate of drug-likeness (QED) is 0.546. The number of nitrogens with one attached hydrogen (secondary N) is 2. The molecule has 2 aromatic rings. The molecule has 0 radical (unpaired) electrons. The number of rotatable bonds is 2. The number of anilines is 2. The monoisotopic (exact) mass is 454 g/mol. The predicted molar refractivity (Wildman–Crippen MR) is 93.1 cm³/mol. The molecule has 0 bridgehead atoms. The van der Waals surface area contributed by atoms with E-state index in [2.05, 4.69) is 42.5 Å². The molecule has 110 valence electrons. The lowest BCUT2D eigenvalue weighted by atomic mass is 10.3. The minimum Gasteiger partial charge on any atom is -0.331 e. The van der Waals surface area contributed by atoms with Gasteiger partial charge in [-0.15, -0.1) is 0 Å². The summed E-state index contributed by atoms with van der Waals surface area (Å²) >= 11 is 17.5. The Bertz CT molecular complexity index is 690. The predicted octanol–water partition coefficient (Wildman–Crippen LogP) is 5.95. The molecule has 0 aromatic heterocycles. The summed E-state index contributed by atoms with van der Waals surface area (Å²) in [5, 5.41) is 6.08. The lowest BCUT2D eigenvalue weighted by Gasteiger charge is -2.13. The zero-order valence-electron chi connectivity index (χ0n) is 10.2. The van der Waals surface area contributed by atoms with Crippen LogP contribution in [0.4, 0.5) is 20.2 Å². The zero-order chi connectivity index (χ0) is 15.6. The first-order chi connectivity index (χ1) is 9.86. The van der Waals surface area contributed by atoms with E-state index in [9.17, 15) is 8.78 Å². The second kappa shape index (κ2) is 7.00. The highest BCUT2D eigenvalue weighted by Gasteiger charge is 2.12. The van der Waals surface area contributed by atoms with Crippen LogP contribution in [0, 0.1) is 11.6 Å². The minimum absolute atomic E-state index is 0.0436.